The first-order valence-electron chi connectivity index (χ1n) is 6.09. The van der Waals surface area contributed by atoms with Gasteiger partial charge >= 0.3 is 0 Å². The molecule has 0 saturated carbocycles. The fourth-order valence-corrected chi connectivity index (χ4v) is 2.21. The van der Waals surface area contributed by atoms with E-state index in [0.29, 0.717) is 0 Å². The van der Waals surface area contributed by atoms with E-state index in [1.54, 1.807) is 0 Å². The molecule has 1 heterocycles. The van der Waals surface area contributed by atoms with Crippen molar-refractivity contribution in [3.63, 3.8) is 0 Å². The van der Waals surface area contributed by atoms with Crippen LogP contribution in [-0.4, -0.2) is 37.6 Å². The number of nitriles is 1. The molecular weight excluding hydrogens is 186 g/mol. The average molecular weight is 209 g/mol. The topological polar surface area (TPSA) is 39.1 Å². The molecule has 0 aromatic rings. The highest BCUT2D eigenvalue weighted by molar-refractivity contribution is 4.82. The van der Waals surface area contributed by atoms with E-state index in [-0.39, 0.29) is 5.92 Å². The first-order valence-corrected chi connectivity index (χ1v) is 6.09. The predicted octanol–water partition coefficient (Wildman–Crippen LogP) is 1.47. The predicted molar refractivity (Wildman–Crippen MR) is 62.5 cm³/mol. The van der Waals surface area contributed by atoms with Crippen LogP contribution in [0, 0.1) is 23.2 Å². The van der Waals surface area contributed by atoms with Crippen molar-refractivity contribution in [2.45, 2.75) is 26.7 Å². The molecule has 1 N–H and O–H groups in total. The van der Waals surface area contributed by atoms with Crippen LogP contribution in [0.3, 0.4) is 0 Å². The number of hydrogen-bond acceptors (Lipinski definition) is 3. The van der Waals surface area contributed by atoms with Crippen molar-refractivity contribution >= 4 is 0 Å². The van der Waals surface area contributed by atoms with Crippen LogP contribution in [0.15, 0.2) is 0 Å². The van der Waals surface area contributed by atoms with Crippen LogP contribution in [0.5, 0.6) is 0 Å². The van der Waals surface area contributed by atoms with Crippen molar-refractivity contribution in [3.05, 3.63) is 0 Å². The number of rotatable bonds is 5. The summed E-state index contributed by atoms with van der Waals surface area (Å²) in [5.74, 6) is 0.936. The van der Waals surface area contributed by atoms with Crippen LogP contribution >= 0.6 is 0 Å². The Morgan fingerprint density at radius 2 is 2.40 bits per heavy atom. The molecule has 86 valence electrons. The Bertz CT molecular complexity index is 203. The first-order chi connectivity index (χ1) is 7.26. The van der Waals surface area contributed by atoms with Crippen LogP contribution in [0.2, 0.25) is 0 Å². The third-order valence-corrected chi connectivity index (χ3v) is 3.11. The lowest BCUT2D eigenvalue weighted by Gasteiger charge is -2.29. The zero-order valence-electron chi connectivity index (χ0n) is 10.00. The summed E-state index contributed by atoms with van der Waals surface area (Å²) in [5, 5.41) is 12.2. The Balaban J connectivity index is 2.29. The Hall–Kier alpha value is -0.590. The molecule has 0 aromatic heterocycles. The number of nitrogens with one attached hydrogen (secondary N) is 1. The van der Waals surface area contributed by atoms with Gasteiger partial charge in [0.1, 0.15) is 0 Å². The third-order valence-electron chi connectivity index (χ3n) is 3.11. The van der Waals surface area contributed by atoms with Crippen LogP contribution < -0.4 is 5.32 Å². The summed E-state index contributed by atoms with van der Waals surface area (Å²) in [5.41, 5.74) is 0. The standard InChI is InChI=1S/C12H23N3/c1-3-15(9-11(2)7-13)10-12-5-4-6-14-8-12/h11-12,14H,3-6,8-10H2,1-2H3. The van der Waals surface area contributed by atoms with Gasteiger partial charge in [-0.2, -0.15) is 5.26 Å². The van der Waals surface area contributed by atoms with E-state index in [4.69, 9.17) is 5.26 Å². The van der Waals surface area contributed by atoms with E-state index < -0.39 is 0 Å². The summed E-state index contributed by atoms with van der Waals surface area (Å²) >= 11 is 0. The molecule has 2 unspecified atom stereocenters. The number of hydrogen-bond donors (Lipinski definition) is 1. The van der Waals surface area contributed by atoms with E-state index in [0.717, 1.165) is 32.1 Å². The van der Waals surface area contributed by atoms with E-state index in [1.165, 1.54) is 19.4 Å². The van der Waals surface area contributed by atoms with Gasteiger partial charge in [0.25, 0.3) is 0 Å². The average Bonchev–Trinajstić information content (AvgIpc) is 2.29. The molecular formula is C12H23N3. The Morgan fingerprint density at radius 3 is 2.93 bits per heavy atom. The van der Waals surface area contributed by atoms with E-state index in [1.807, 2.05) is 6.92 Å². The zero-order chi connectivity index (χ0) is 11.1. The normalized spacial score (nSPS) is 23.7. The molecule has 15 heavy (non-hydrogen) atoms. The van der Waals surface area contributed by atoms with Gasteiger partial charge in [-0.25, -0.2) is 0 Å². The van der Waals surface area contributed by atoms with Crippen molar-refractivity contribution in [3.8, 4) is 6.07 Å². The van der Waals surface area contributed by atoms with Crippen molar-refractivity contribution in [1.82, 2.24) is 10.2 Å². The molecule has 1 fully saturated rings. The fourth-order valence-electron chi connectivity index (χ4n) is 2.21. The smallest absolute Gasteiger partial charge is 0.0666 e. The monoisotopic (exact) mass is 209 g/mol. The second-order valence-corrected chi connectivity index (χ2v) is 4.59. The van der Waals surface area contributed by atoms with Crippen molar-refractivity contribution in [1.29, 1.82) is 5.26 Å². The highest BCUT2D eigenvalue weighted by Crippen LogP contribution is 2.12. The molecule has 0 bridgehead atoms. The largest absolute Gasteiger partial charge is 0.316 e. The summed E-state index contributed by atoms with van der Waals surface area (Å²) in [6.07, 6.45) is 2.64. The zero-order valence-corrected chi connectivity index (χ0v) is 10.00. The van der Waals surface area contributed by atoms with Crippen LogP contribution in [0.4, 0.5) is 0 Å². The minimum atomic E-state index is 0.154. The quantitative estimate of drug-likeness (QED) is 0.745. The van der Waals surface area contributed by atoms with Gasteiger partial charge in [-0.15, -0.1) is 0 Å². The van der Waals surface area contributed by atoms with Crippen molar-refractivity contribution in [2.24, 2.45) is 11.8 Å². The van der Waals surface area contributed by atoms with Crippen LogP contribution in [0.25, 0.3) is 0 Å². The molecule has 1 aliphatic heterocycles. The maximum atomic E-state index is 8.80. The van der Waals surface area contributed by atoms with Gasteiger partial charge in [-0.3, -0.25) is 0 Å². The maximum absolute atomic E-state index is 8.80. The summed E-state index contributed by atoms with van der Waals surface area (Å²) < 4.78 is 0. The van der Waals surface area contributed by atoms with Gasteiger partial charge in [-0.05, 0) is 45.3 Å². The van der Waals surface area contributed by atoms with Crippen LogP contribution in [-0.2, 0) is 0 Å². The molecule has 0 radical (unpaired) electrons. The molecule has 0 amide bonds. The summed E-state index contributed by atoms with van der Waals surface area (Å²) in [6, 6.07) is 2.31. The molecule has 1 rings (SSSR count). The van der Waals surface area contributed by atoms with Gasteiger partial charge in [0.15, 0.2) is 0 Å². The van der Waals surface area contributed by atoms with Gasteiger partial charge in [-0.1, -0.05) is 6.92 Å². The second-order valence-electron chi connectivity index (χ2n) is 4.59. The molecule has 3 heteroatoms. The Morgan fingerprint density at radius 1 is 1.60 bits per heavy atom. The summed E-state index contributed by atoms with van der Waals surface area (Å²) in [7, 11) is 0. The lowest BCUT2D eigenvalue weighted by molar-refractivity contribution is 0.205. The molecule has 0 aromatic carbocycles. The minimum Gasteiger partial charge on any atom is -0.316 e. The molecule has 2 atom stereocenters. The van der Waals surface area contributed by atoms with E-state index in [9.17, 15) is 0 Å². The lowest BCUT2D eigenvalue weighted by Crippen LogP contribution is -2.39. The highest BCUT2D eigenvalue weighted by atomic mass is 15.1. The SMILES string of the molecule is CCN(CC(C)C#N)CC1CCCNC1. The molecule has 1 aliphatic rings. The Kier molecular flexibility index (Phi) is 5.67. The minimum absolute atomic E-state index is 0.154. The molecule has 3 nitrogen and oxygen atoms in total. The van der Waals surface area contributed by atoms with Gasteiger partial charge in [0.05, 0.1) is 12.0 Å². The van der Waals surface area contributed by atoms with Gasteiger partial charge in [0, 0.05) is 13.1 Å². The van der Waals surface area contributed by atoms with Gasteiger partial charge < -0.3 is 10.2 Å². The number of piperidine rings is 1. The van der Waals surface area contributed by atoms with E-state index >= 15 is 0 Å². The second kappa shape index (κ2) is 6.81. The van der Waals surface area contributed by atoms with Crippen LogP contribution in [0.1, 0.15) is 26.7 Å². The molecule has 1 saturated heterocycles. The van der Waals surface area contributed by atoms with Crippen molar-refractivity contribution < 1.29 is 0 Å². The molecule has 0 spiro atoms. The third kappa shape index (κ3) is 4.63. The van der Waals surface area contributed by atoms with E-state index in [2.05, 4.69) is 23.2 Å². The lowest BCUT2D eigenvalue weighted by atomic mass is 9.98. The Labute approximate surface area is 93.5 Å². The van der Waals surface area contributed by atoms with Crippen molar-refractivity contribution in [2.75, 3.05) is 32.7 Å². The highest BCUT2D eigenvalue weighted by Gasteiger charge is 2.17. The van der Waals surface area contributed by atoms with Gasteiger partial charge in [0.2, 0.25) is 0 Å². The first kappa shape index (κ1) is 12.5. The summed E-state index contributed by atoms with van der Waals surface area (Å²) in [4.78, 5) is 2.41. The fraction of sp³-hybridized carbons (Fsp3) is 0.917. The summed E-state index contributed by atoms with van der Waals surface area (Å²) in [6.45, 7) is 9.64. The number of nitrogens with zero attached hydrogens (tertiary/aromatic N) is 2. The molecule has 0 aliphatic carbocycles. The maximum Gasteiger partial charge on any atom is 0.0666 e.